The molecule has 4 rings (SSSR count). The lowest BCUT2D eigenvalue weighted by Crippen LogP contribution is -2.27. The number of rotatable bonds is 6. The van der Waals surface area contributed by atoms with Crippen LogP contribution in [0.2, 0.25) is 0 Å². The van der Waals surface area contributed by atoms with E-state index in [0.29, 0.717) is 25.4 Å². The molecule has 0 aliphatic heterocycles. The summed E-state index contributed by atoms with van der Waals surface area (Å²) < 4.78 is 9.22. The minimum absolute atomic E-state index is 0.116. The third-order valence-corrected chi connectivity index (χ3v) is 4.85. The van der Waals surface area contributed by atoms with Gasteiger partial charge in [0.05, 0.1) is 24.2 Å². The van der Waals surface area contributed by atoms with Crippen LogP contribution in [-0.4, -0.2) is 33.7 Å². The highest BCUT2D eigenvalue weighted by Gasteiger charge is 2.16. The number of amides is 1. The van der Waals surface area contributed by atoms with Crippen LogP contribution in [0.15, 0.2) is 54.6 Å². The zero-order valence-corrected chi connectivity index (χ0v) is 15.5. The Bertz CT molecular complexity index is 1110. The van der Waals surface area contributed by atoms with Crippen molar-refractivity contribution >= 4 is 27.8 Å². The van der Waals surface area contributed by atoms with Crippen molar-refractivity contribution in [1.29, 1.82) is 0 Å². The molecule has 6 heteroatoms. The van der Waals surface area contributed by atoms with Crippen LogP contribution in [0.5, 0.6) is 0 Å². The van der Waals surface area contributed by atoms with Gasteiger partial charge >= 0.3 is 0 Å². The van der Waals surface area contributed by atoms with E-state index in [1.54, 1.807) is 7.11 Å². The van der Waals surface area contributed by atoms with Gasteiger partial charge in [-0.2, -0.15) is 0 Å². The van der Waals surface area contributed by atoms with E-state index in [0.717, 1.165) is 27.8 Å². The largest absolute Gasteiger partial charge is 0.383 e. The van der Waals surface area contributed by atoms with Crippen molar-refractivity contribution in [2.45, 2.75) is 13.1 Å². The molecule has 0 radical (unpaired) electrons. The number of hydrogen-bond donors (Lipinski definition) is 1. The molecule has 2 aromatic heterocycles. The monoisotopic (exact) mass is 362 g/mol. The highest BCUT2D eigenvalue weighted by atomic mass is 16.5. The molecule has 0 saturated carbocycles. The number of fused-ring (bicyclic) bond motifs is 2. The third kappa shape index (κ3) is 3.19. The van der Waals surface area contributed by atoms with Gasteiger partial charge in [-0.15, -0.1) is 0 Å². The van der Waals surface area contributed by atoms with Crippen LogP contribution in [0.3, 0.4) is 0 Å². The number of imidazole rings is 1. The molecule has 2 heterocycles. The molecule has 0 aliphatic carbocycles. The second kappa shape index (κ2) is 7.25. The Morgan fingerprint density at radius 1 is 1.11 bits per heavy atom. The number of ether oxygens (including phenoxy) is 1. The predicted molar refractivity (Wildman–Crippen MR) is 106 cm³/mol. The van der Waals surface area contributed by atoms with Gasteiger partial charge in [0.1, 0.15) is 11.5 Å². The smallest absolute Gasteiger partial charge is 0.268 e. The number of methoxy groups -OCH3 is 1. The van der Waals surface area contributed by atoms with E-state index in [2.05, 4.69) is 10.3 Å². The van der Waals surface area contributed by atoms with Gasteiger partial charge in [-0.3, -0.25) is 4.79 Å². The summed E-state index contributed by atoms with van der Waals surface area (Å²) in [5.74, 6) is 0.707. The first kappa shape index (κ1) is 17.3. The second-order valence-corrected chi connectivity index (χ2v) is 6.49. The fourth-order valence-corrected chi connectivity index (χ4v) is 3.43. The number of hydrogen-bond acceptors (Lipinski definition) is 3. The fourth-order valence-electron chi connectivity index (χ4n) is 3.43. The predicted octanol–water partition coefficient (Wildman–Crippen LogP) is 3.10. The fraction of sp³-hybridized carbons (Fsp3) is 0.238. The maximum atomic E-state index is 12.9. The summed E-state index contributed by atoms with van der Waals surface area (Å²) in [6.45, 7) is 1.54. The molecule has 0 fully saturated rings. The Balaban J connectivity index is 1.60. The van der Waals surface area contributed by atoms with Gasteiger partial charge in [0.2, 0.25) is 0 Å². The molecule has 0 spiro atoms. The summed E-state index contributed by atoms with van der Waals surface area (Å²) in [5, 5.41) is 4.05. The quantitative estimate of drug-likeness (QED) is 0.573. The molecule has 0 bridgehead atoms. The lowest BCUT2D eigenvalue weighted by atomic mass is 10.2. The average molecular weight is 362 g/mol. The van der Waals surface area contributed by atoms with Crippen molar-refractivity contribution < 1.29 is 9.53 Å². The van der Waals surface area contributed by atoms with Gasteiger partial charge in [-0.05, 0) is 24.3 Å². The summed E-state index contributed by atoms with van der Waals surface area (Å²) in [5.41, 5.74) is 3.64. The molecular weight excluding hydrogens is 340 g/mol. The lowest BCUT2D eigenvalue weighted by Gasteiger charge is -2.11. The minimum Gasteiger partial charge on any atom is -0.383 e. The highest BCUT2D eigenvalue weighted by Crippen LogP contribution is 2.20. The molecule has 0 atom stereocenters. The average Bonchev–Trinajstić information content (AvgIpc) is 3.23. The van der Waals surface area contributed by atoms with Crippen LogP contribution in [0.1, 0.15) is 16.3 Å². The van der Waals surface area contributed by atoms with E-state index in [4.69, 9.17) is 4.74 Å². The van der Waals surface area contributed by atoms with Gasteiger partial charge in [0, 0.05) is 31.6 Å². The normalized spacial score (nSPS) is 11.3. The first-order valence-electron chi connectivity index (χ1n) is 8.95. The molecule has 6 nitrogen and oxygen atoms in total. The maximum Gasteiger partial charge on any atom is 0.268 e. The standard InChI is InChI=1S/C21H22N4O2/c1-24-18-10-6-4-8-16(18)23-20(24)14-22-21(26)19-13-15-7-3-5-9-17(15)25(19)11-12-27-2/h3-10,13H,11-12,14H2,1-2H3,(H,22,26). The molecule has 27 heavy (non-hydrogen) atoms. The molecule has 2 aromatic carbocycles. The topological polar surface area (TPSA) is 61.1 Å². The number of aryl methyl sites for hydroxylation is 1. The molecular formula is C21H22N4O2. The molecule has 4 aromatic rings. The van der Waals surface area contributed by atoms with E-state index in [9.17, 15) is 4.79 Å². The van der Waals surface area contributed by atoms with Gasteiger partial charge in [0.15, 0.2) is 0 Å². The van der Waals surface area contributed by atoms with Crippen molar-refractivity contribution in [3.63, 3.8) is 0 Å². The number of nitrogens with one attached hydrogen (secondary N) is 1. The Labute approximate surface area is 157 Å². The molecule has 0 unspecified atom stereocenters. The van der Waals surface area contributed by atoms with Crippen LogP contribution in [0.25, 0.3) is 21.9 Å². The lowest BCUT2D eigenvalue weighted by molar-refractivity contribution is 0.0938. The van der Waals surface area contributed by atoms with Crippen LogP contribution in [0.4, 0.5) is 0 Å². The Hall–Kier alpha value is -3.12. The van der Waals surface area contributed by atoms with Crippen molar-refractivity contribution in [1.82, 2.24) is 19.4 Å². The molecule has 0 saturated heterocycles. The number of carbonyl (C=O) groups excluding carboxylic acids is 1. The summed E-state index contributed by atoms with van der Waals surface area (Å²) >= 11 is 0. The number of benzene rings is 2. The Morgan fingerprint density at radius 2 is 1.85 bits per heavy atom. The van der Waals surface area contributed by atoms with Gasteiger partial charge in [-0.25, -0.2) is 4.98 Å². The summed E-state index contributed by atoms with van der Waals surface area (Å²) in [4.78, 5) is 17.5. The first-order chi connectivity index (χ1) is 13.2. The van der Waals surface area contributed by atoms with Crippen LogP contribution < -0.4 is 5.32 Å². The van der Waals surface area contributed by atoms with Gasteiger partial charge in [0.25, 0.3) is 5.91 Å². The zero-order valence-electron chi connectivity index (χ0n) is 15.5. The van der Waals surface area contributed by atoms with E-state index < -0.39 is 0 Å². The summed E-state index contributed by atoms with van der Waals surface area (Å²) in [6, 6.07) is 17.9. The number of carbonyl (C=O) groups is 1. The molecule has 0 aliphatic rings. The van der Waals surface area contributed by atoms with E-state index in [1.807, 2.05) is 70.8 Å². The summed E-state index contributed by atoms with van der Waals surface area (Å²) in [7, 11) is 3.63. The molecule has 1 amide bonds. The summed E-state index contributed by atoms with van der Waals surface area (Å²) in [6.07, 6.45) is 0. The van der Waals surface area contributed by atoms with E-state index in [1.165, 1.54) is 0 Å². The number of para-hydroxylation sites is 3. The van der Waals surface area contributed by atoms with Gasteiger partial charge < -0.3 is 19.2 Å². The number of nitrogens with zero attached hydrogens (tertiary/aromatic N) is 3. The van der Waals surface area contributed by atoms with Crippen molar-refractivity contribution in [2.24, 2.45) is 7.05 Å². The SMILES string of the molecule is COCCn1c(C(=O)NCc2nc3ccccc3n2C)cc2ccccc21. The van der Waals surface area contributed by atoms with Crippen molar-refractivity contribution in [3.8, 4) is 0 Å². The maximum absolute atomic E-state index is 12.9. The van der Waals surface area contributed by atoms with Crippen molar-refractivity contribution in [2.75, 3.05) is 13.7 Å². The second-order valence-electron chi connectivity index (χ2n) is 6.49. The van der Waals surface area contributed by atoms with Crippen LogP contribution in [0, 0.1) is 0 Å². The zero-order chi connectivity index (χ0) is 18.8. The minimum atomic E-state index is -0.116. The highest BCUT2D eigenvalue weighted by molar-refractivity contribution is 5.98. The number of aromatic nitrogens is 3. The van der Waals surface area contributed by atoms with Crippen LogP contribution >= 0.6 is 0 Å². The third-order valence-electron chi connectivity index (χ3n) is 4.85. The van der Waals surface area contributed by atoms with Gasteiger partial charge in [-0.1, -0.05) is 30.3 Å². The first-order valence-corrected chi connectivity index (χ1v) is 8.95. The van der Waals surface area contributed by atoms with Crippen molar-refractivity contribution in [3.05, 3.63) is 66.1 Å². The Morgan fingerprint density at radius 3 is 2.63 bits per heavy atom. The van der Waals surface area contributed by atoms with E-state index in [-0.39, 0.29) is 5.91 Å². The van der Waals surface area contributed by atoms with Crippen LogP contribution in [-0.2, 0) is 24.9 Å². The Kier molecular flexibility index (Phi) is 4.64. The molecule has 1 N–H and O–H groups in total. The molecule has 138 valence electrons. The van der Waals surface area contributed by atoms with E-state index >= 15 is 0 Å².